The summed E-state index contributed by atoms with van der Waals surface area (Å²) in [5, 5.41) is 10.6. The zero-order chi connectivity index (χ0) is 13.1. The van der Waals surface area contributed by atoms with Crippen LogP contribution in [-0.2, 0) is 4.79 Å². The van der Waals surface area contributed by atoms with Crippen molar-refractivity contribution in [2.24, 2.45) is 0 Å². The van der Waals surface area contributed by atoms with Gasteiger partial charge in [0, 0.05) is 24.0 Å². The molecule has 1 heterocycles. The van der Waals surface area contributed by atoms with Crippen molar-refractivity contribution in [3.05, 3.63) is 30.5 Å². The van der Waals surface area contributed by atoms with Crippen LogP contribution in [0, 0.1) is 0 Å². The van der Waals surface area contributed by atoms with Crippen molar-refractivity contribution in [2.75, 3.05) is 25.6 Å². The van der Waals surface area contributed by atoms with Crippen molar-refractivity contribution in [3.63, 3.8) is 0 Å². The molecule has 0 saturated carbocycles. The van der Waals surface area contributed by atoms with Gasteiger partial charge in [-0.2, -0.15) is 0 Å². The molecule has 0 aliphatic heterocycles. The number of fused-ring (bicyclic) bond motifs is 1. The molecule has 0 aliphatic carbocycles. The SMILES string of the molecule is COc1cccc2c(N(C)CC(=O)O)nccc12. The maximum atomic E-state index is 10.7. The van der Waals surface area contributed by atoms with E-state index >= 15 is 0 Å². The minimum atomic E-state index is -0.890. The summed E-state index contributed by atoms with van der Waals surface area (Å²) in [5.74, 6) is 0.493. The molecule has 0 saturated heterocycles. The molecule has 18 heavy (non-hydrogen) atoms. The van der Waals surface area contributed by atoms with Gasteiger partial charge in [-0.1, -0.05) is 12.1 Å². The Morgan fingerprint density at radius 2 is 2.17 bits per heavy atom. The molecule has 0 radical (unpaired) electrons. The Balaban J connectivity index is 2.55. The largest absolute Gasteiger partial charge is 0.496 e. The summed E-state index contributed by atoms with van der Waals surface area (Å²) in [7, 11) is 3.31. The van der Waals surface area contributed by atoms with Crippen molar-refractivity contribution in [2.45, 2.75) is 0 Å². The molecule has 0 fully saturated rings. The zero-order valence-electron chi connectivity index (χ0n) is 10.3. The van der Waals surface area contributed by atoms with Crippen LogP contribution in [0.1, 0.15) is 0 Å². The minimum Gasteiger partial charge on any atom is -0.496 e. The fourth-order valence-corrected chi connectivity index (χ4v) is 1.92. The van der Waals surface area contributed by atoms with Crippen LogP contribution in [0.15, 0.2) is 30.5 Å². The molecule has 0 aliphatic rings. The van der Waals surface area contributed by atoms with Gasteiger partial charge in [-0.15, -0.1) is 0 Å². The van der Waals surface area contributed by atoms with E-state index in [0.29, 0.717) is 5.82 Å². The lowest BCUT2D eigenvalue weighted by Gasteiger charge is -2.18. The number of nitrogens with zero attached hydrogens (tertiary/aromatic N) is 2. The molecule has 2 aromatic rings. The number of benzene rings is 1. The third-order valence-electron chi connectivity index (χ3n) is 2.70. The first kappa shape index (κ1) is 12.2. The van der Waals surface area contributed by atoms with E-state index in [-0.39, 0.29) is 6.54 Å². The van der Waals surface area contributed by atoms with E-state index < -0.39 is 5.97 Å². The Morgan fingerprint density at radius 3 is 2.83 bits per heavy atom. The van der Waals surface area contributed by atoms with Crippen LogP contribution in [0.3, 0.4) is 0 Å². The molecule has 0 atom stereocenters. The van der Waals surface area contributed by atoms with E-state index in [1.807, 2.05) is 24.3 Å². The number of likely N-dealkylation sites (N-methyl/N-ethyl adjacent to an activating group) is 1. The number of carboxylic acids is 1. The van der Waals surface area contributed by atoms with Gasteiger partial charge in [-0.05, 0) is 12.1 Å². The van der Waals surface area contributed by atoms with Gasteiger partial charge in [-0.3, -0.25) is 4.79 Å². The molecule has 1 N–H and O–H groups in total. The average Bonchev–Trinajstić information content (AvgIpc) is 2.36. The zero-order valence-corrected chi connectivity index (χ0v) is 10.3. The Morgan fingerprint density at radius 1 is 1.39 bits per heavy atom. The minimum absolute atomic E-state index is 0.0939. The van der Waals surface area contributed by atoms with Gasteiger partial charge in [0.25, 0.3) is 0 Å². The lowest BCUT2D eigenvalue weighted by Crippen LogP contribution is -2.26. The number of pyridine rings is 1. The van der Waals surface area contributed by atoms with Crippen LogP contribution < -0.4 is 9.64 Å². The molecule has 0 spiro atoms. The number of carboxylic acid groups (broad SMARTS) is 1. The number of rotatable bonds is 4. The monoisotopic (exact) mass is 246 g/mol. The molecule has 1 aromatic heterocycles. The quantitative estimate of drug-likeness (QED) is 0.890. The number of hydrogen-bond donors (Lipinski definition) is 1. The van der Waals surface area contributed by atoms with Crippen LogP contribution in [0.25, 0.3) is 10.8 Å². The summed E-state index contributed by atoms with van der Waals surface area (Å²) < 4.78 is 5.28. The van der Waals surface area contributed by atoms with Gasteiger partial charge in [0.2, 0.25) is 0 Å². The van der Waals surface area contributed by atoms with E-state index in [0.717, 1.165) is 16.5 Å². The molecular formula is C13H14N2O3. The van der Waals surface area contributed by atoms with Crippen molar-refractivity contribution < 1.29 is 14.6 Å². The van der Waals surface area contributed by atoms with Gasteiger partial charge in [0.1, 0.15) is 18.1 Å². The highest BCUT2D eigenvalue weighted by molar-refractivity contribution is 5.96. The Hall–Kier alpha value is -2.30. The molecule has 94 valence electrons. The van der Waals surface area contributed by atoms with E-state index in [2.05, 4.69) is 4.98 Å². The summed E-state index contributed by atoms with van der Waals surface area (Å²) >= 11 is 0. The first-order valence-electron chi connectivity index (χ1n) is 5.48. The van der Waals surface area contributed by atoms with Crippen molar-refractivity contribution >= 4 is 22.6 Å². The Labute approximate surface area is 105 Å². The maximum Gasteiger partial charge on any atom is 0.323 e. The third-order valence-corrected chi connectivity index (χ3v) is 2.70. The summed E-state index contributed by atoms with van der Waals surface area (Å²) in [4.78, 5) is 16.6. The normalized spacial score (nSPS) is 10.3. The van der Waals surface area contributed by atoms with Crippen LogP contribution in [-0.4, -0.2) is 36.8 Å². The summed E-state index contributed by atoms with van der Waals surface area (Å²) in [6.45, 7) is -0.0939. The molecule has 2 rings (SSSR count). The number of anilines is 1. The average molecular weight is 246 g/mol. The molecule has 5 nitrogen and oxygen atoms in total. The summed E-state index contributed by atoms with van der Waals surface area (Å²) in [6, 6.07) is 7.48. The van der Waals surface area contributed by atoms with Gasteiger partial charge in [0.15, 0.2) is 0 Å². The highest BCUT2D eigenvalue weighted by atomic mass is 16.5. The van der Waals surface area contributed by atoms with Gasteiger partial charge in [-0.25, -0.2) is 4.98 Å². The fraction of sp³-hybridized carbons (Fsp3) is 0.231. The van der Waals surface area contributed by atoms with Gasteiger partial charge < -0.3 is 14.7 Å². The first-order chi connectivity index (χ1) is 8.63. The molecule has 0 amide bonds. The number of methoxy groups -OCH3 is 1. The molecule has 0 bridgehead atoms. The van der Waals surface area contributed by atoms with E-state index in [1.54, 1.807) is 25.3 Å². The lowest BCUT2D eigenvalue weighted by molar-refractivity contribution is -0.135. The van der Waals surface area contributed by atoms with Crippen molar-refractivity contribution in [1.29, 1.82) is 0 Å². The fourth-order valence-electron chi connectivity index (χ4n) is 1.92. The third kappa shape index (κ3) is 2.20. The summed E-state index contributed by atoms with van der Waals surface area (Å²) in [6.07, 6.45) is 1.65. The second kappa shape index (κ2) is 4.91. The molecule has 1 aromatic carbocycles. The number of aliphatic carboxylic acids is 1. The lowest BCUT2D eigenvalue weighted by atomic mass is 10.1. The van der Waals surface area contributed by atoms with E-state index in [4.69, 9.17) is 9.84 Å². The standard InChI is InChI=1S/C13H14N2O3/c1-15(8-12(16)17)13-10-4-3-5-11(18-2)9(10)6-7-14-13/h3-7H,8H2,1-2H3,(H,16,17). The molecular weight excluding hydrogens is 232 g/mol. The van der Waals surface area contributed by atoms with Crippen LogP contribution >= 0.6 is 0 Å². The molecule has 5 heteroatoms. The number of carbonyl (C=O) groups is 1. The van der Waals surface area contributed by atoms with Crippen LogP contribution in [0.4, 0.5) is 5.82 Å². The molecule has 0 unspecified atom stereocenters. The first-order valence-corrected chi connectivity index (χ1v) is 5.48. The van der Waals surface area contributed by atoms with Gasteiger partial charge >= 0.3 is 5.97 Å². The highest BCUT2D eigenvalue weighted by Crippen LogP contribution is 2.30. The number of aromatic nitrogens is 1. The topological polar surface area (TPSA) is 62.7 Å². The predicted molar refractivity (Wildman–Crippen MR) is 69.2 cm³/mol. The Bertz CT molecular complexity index is 583. The van der Waals surface area contributed by atoms with Crippen LogP contribution in [0.5, 0.6) is 5.75 Å². The summed E-state index contributed by atoms with van der Waals surface area (Å²) in [5.41, 5.74) is 0. The van der Waals surface area contributed by atoms with E-state index in [1.165, 1.54) is 0 Å². The van der Waals surface area contributed by atoms with E-state index in [9.17, 15) is 4.79 Å². The van der Waals surface area contributed by atoms with Crippen molar-refractivity contribution in [1.82, 2.24) is 4.98 Å². The second-order valence-electron chi connectivity index (χ2n) is 3.94. The van der Waals surface area contributed by atoms with Crippen molar-refractivity contribution in [3.8, 4) is 5.75 Å². The van der Waals surface area contributed by atoms with Gasteiger partial charge in [0.05, 0.1) is 7.11 Å². The maximum absolute atomic E-state index is 10.7. The number of hydrogen-bond acceptors (Lipinski definition) is 4. The second-order valence-corrected chi connectivity index (χ2v) is 3.94. The Kier molecular flexibility index (Phi) is 3.32. The van der Waals surface area contributed by atoms with Crippen LogP contribution in [0.2, 0.25) is 0 Å². The highest BCUT2D eigenvalue weighted by Gasteiger charge is 2.12. The predicted octanol–water partition coefficient (Wildman–Crippen LogP) is 1.76. The number of ether oxygens (including phenoxy) is 1. The smallest absolute Gasteiger partial charge is 0.323 e.